The van der Waals surface area contributed by atoms with E-state index in [1.165, 1.54) is 0 Å². The molecule has 1 aromatic rings. The average molecular weight is 403 g/mol. The van der Waals surface area contributed by atoms with Gasteiger partial charge in [-0.25, -0.2) is 0 Å². The molecule has 2 rings (SSSR count). The highest BCUT2D eigenvalue weighted by atomic mass is 16.2. The lowest BCUT2D eigenvalue weighted by Gasteiger charge is -2.31. The van der Waals surface area contributed by atoms with E-state index in [2.05, 4.69) is 26.7 Å². The molecule has 0 bridgehead atoms. The van der Waals surface area contributed by atoms with E-state index in [4.69, 9.17) is 5.26 Å². The van der Waals surface area contributed by atoms with Gasteiger partial charge in [0.05, 0.1) is 31.3 Å². The van der Waals surface area contributed by atoms with E-state index in [9.17, 15) is 9.59 Å². The summed E-state index contributed by atoms with van der Waals surface area (Å²) in [5, 5.41) is 19.3. The Bertz CT molecular complexity index is 728. The summed E-state index contributed by atoms with van der Waals surface area (Å²) in [4.78, 5) is 26.4. The first-order valence-corrected chi connectivity index (χ1v) is 10.6. The molecule has 2 heterocycles. The van der Waals surface area contributed by atoms with Crippen molar-refractivity contribution in [3.63, 3.8) is 0 Å². The van der Waals surface area contributed by atoms with Crippen LogP contribution in [-0.4, -0.2) is 58.7 Å². The highest BCUT2D eigenvalue weighted by Gasteiger charge is 2.22. The van der Waals surface area contributed by atoms with Crippen LogP contribution in [0, 0.1) is 25.2 Å². The number of aryl methyl sites for hydroxylation is 2. The lowest BCUT2D eigenvalue weighted by Crippen LogP contribution is -2.47. The molecule has 1 fully saturated rings. The maximum atomic E-state index is 12.4. The average Bonchev–Trinajstić information content (AvgIpc) is 2.97. The smallest absolute Gasteiger partial charge is 0.234 e. The van der Waals surface area contributed by atoms with Crippen LogP contribution in [0.4, 0.5) is 0 Å². The number of aromatic nitrogens is 2. The third-order valence-corrected chi connectivity index (χ3v) is 5.46. The summed E-state index contributed by atoms with van der Waals surface area (Å²) < 4.78 is 1.86. The first-order valence-electron chi connectivity index (χ1n) is 10.6. The molecule has 160 valence electrons. The molecule has 0 atom stereocenters. The van der Waals surface area contributed by atoms with Crippen LogP contribution in [0.15, 0.2) is 0 Å². The maximum absolute atomic E-state index is 12.4. The molecule has 8 nitrogen and oxygen atoms in total. The van der Waals surface area contributed by atoms with Crippen LogP contribution in [0.25, 0.3) is 0 Å². The Morgan fingerprint density at radius 3 is 2.62 bits per heavy atom. The van der Waals surface area contributed by atoms with Crippen molar-refractivity contribution < 1.29 is 9.59 Å². The van der Waals surface area contributed by atoms with Crippen molar-refractivity contribution >= 4 is 11.8 Å². The first kappa shape index (κ1) is 22.9. The Kier molecular flexibility index (Phi) is 9.13. The fraction of sp³-hybridized carbons (Fsp3) is 0.714. The number of rotatable bonds is 10. The molecule has 0 aliphatic carbocycles. The Balaban J connectivity index is 1.72. The summed E-state index contributed by atoms with van der Waals surface area (Å²) in [6.07, 6.45) is 4.21. The van der Waals surface area contributed by atoms with Crippen LogP contribution in [0.1, 0.15) is 56.0 Å². The molecule has 0 spiro atoms. The topological polar surface area (TPSA) is 103 Å². The van der Waals surface area contributed by atoms with Gasteiger partial charge in [0.2, 0.25) is 11.8 Å². The zero-order valence-electron chi connectivity index (χ0n) is 18.0. The van der Waals surface area contributed by atoms with Gasteiger partial charge in [-0.05, 0) is 45.1 Å². The molecule has 2 N–H and O–H groups in total. The number of likely N-dealkylation sites (tertiary alicyclic amines) is 1. The Labute approximate surface area is 173 Å². The Hall–Kier alpha value is -2.40. The van der Waals surface area contributed by atoms with E-state index in [-0.39, 0.29) is 17.9 Å². The van der Waals surface area contributed by atoms with Gasteiger partial charge < -0.3 is 10.6 Å². The van der Waals surface area contributed by atoms with Gasteiger partial charge in [0.15, 0.2) is 0 Å². The quantitative estimate of drug-likeness (QED) is 0.617. The molecule has 1 aromatic heterocycles. The number of nitrogens with zero attached hydrogens (tertiary/aromatic N) is 4. The molecular formula is C21H34N6O2. The maximum Gasteiger partial charge on any atom is 0.234 e. The van der Waals surface area contributed by atoms with Crippen molar-refractivity contribution in [2.75, 3.05) is 26.2 Å². The summed E-state index contributed by atoms with van der Waals surface area (Å²) in [7, 11) is 0. The van der Waals surface area contributed by atoms with Gasteiger partial charge in [-0.3, -0.25) is 19.2 Å². The number of carbonyl (C=O) groups is 2. The predicted molar refractivity (Wildman–Crippen MR) is 111 cm³/mol. The van der Waals surface area contributed by atoms with E-state index in [1.807, 2.05) is 25.5 Å². The Morgan fingerprint density at radius 1 is 1.24 bits per heavy atom. The molecule has 0 unspecified atom stereocenters. The van der Waals surface area contributed by atoms with E-state index >= 15 is 0 Å². The summed E-state index contributed by atoms with van der Waals surface area (Å²) in [5.41, 5.74) is 3.08. The SMILES string of the molecule is CCCNC(=O)CN1CCC(NC(=O)CCc2c(C)nn(CCC#N)c2C)CC1. The highest BCUT2D eigenvalue weighted by molar-refractivity contribution is 5.78. The van der Waals surface area contributed by atoms with Crippen molar-refractivity contribution in [2.45, 2.75) is 71.9 Å². The van der Waals surface area contributed by atoms with Crippen LogP contribution in [-0.2, 0) is 22.6 Å². The second kappa shape index (κ2) is 11.6. The molecule has 0 saturated carbocycles. The summed E-state index contributed by atoms with van der Waals surface area (Å²) in [6, 6.07) is 2.32. The fourth-order valence-electron chi connectivity index (χ4n) is 3.77. The third-order valence-electron chi connectivity index (χ3n) is 5.46. The summed E-state index contributed by atoms with van der Waals surface area (Å²) >= 11 is 0. The van der Waals surface area contributed by atoms with Crippen LogP contribution < -0.4 is 10.6 Å². The van der Waals surface area contributed by atoms with Gasteiger partial charge in [-0.1, -0.05) is 6.92 Å². The standard InChI is InChI=1S/C21H34N6O2/c1-4-11-23-21(29)15-26-13-8-18(9-14-26)24-20(28)7-6-19-16(2)25-27(17(19)3)12-5-10-22/h18H,4-9,11-15H2,1-3H3,(H,23,29)(H,24,28). The predicted octanol–water partition coefficient (Wildman–Crippen LogP) is 1.45. The summed E-state index contributed by atoms with van der Waals surface area (Å²) in [5.74, 6) is 0.142. The normalized spacial score (nSPS) is 15.1. The van der Waals surface area contributed by atoms with Crippen LogP contribution in [0.5, 0.6) is 0 Å². The van der Waals surface area contributed by atoms with E-state index in [0.29, 0.717) is 32.4 Å². The number of hydrogen-bond donors (Lipinski definition) is 2. The van der Waals surface area contributed by atoms with Gasteiger partial charge in [-0.15, -0.1) is 0 Å². The zero-order chi connectivity index (χ0) is 21.2. The monoisotopic (exact) mass is 402 g/mol. The van der Waals surface area contributed by atoms with Crippen LogP contribution >= 0.6 is 0 Å². The van der Waals surface area contributed by atoms with Gasteiger partial charge >= 0.3 is 0 Å². The van der Waals surface area contributed by atoms with Crippen molar-refractivity contribution in [3.8, 4) is 6.07 Å². The number of amides is 2. The molecule has 1 saturated heterocycles. The Morgan fingerprint density at radius 2 is 1.97 bits per heavy atom. The van der Waals surface area contributed by atoms with Crippen LogP contribution in [0.3, 0.4) is 0 Å². The van der Waals surface area contributed by atoms with Crippen LogP contribution in [0.2, 0.25) is 0 Å². The lowest BCUT2D eigenvalue weighted by atomic mass is 10.0. The number of nitriles is 1. The zero-order valence-corrected chi connectivity index (χ0v) is 18.0. The van der Waals surface area contributed by atoms with Gasteiger partial charge in [0, 0.05) is 37.8 Å². The van der Waals surface area contributed by atoms with E-state index in [1.54, 1.807) is 0 Å². The number of carbonyl (C=O) groups excluding carboxylic acids is 2. The van der Waals surface area contributed by atoms with Crippen molar-refractivity contribution in [2.24, 2.45) is 0 Å². The minimum Gasteiger partial charge on any atom is -0.355 e. The lowest BCUT2D eigenvalue weighted by molar-refractivity contribution is -0.124. The second-order valence-corrected chi connectivity index (χ2v) is 7.75. The number of nitrogens with one attached hydrogen (secondary N) is 2. The van der Waals surface area contributed by atoms with E-state index < -0.39 is 0 Å². The number of piperidine rings is 1. The molecule has 1 aliphatic rings. The largest absolute Gasteiger partial charge is 0.355 e. The van der Waals surface area contributed by atoms with Gasteiger partial charge in [-0.2, -0.15) is 10.4 Å². The number of hydrogen-bond acceptors (Lipinski definition) is 5. The molecular weight excluding hydrogens is 368 g/mol. The highest BCUT2D eigenvalue weighted by Crippen LogP contribution is 2.16. The van der Waals surface area contributed by atoms with Crippen molar-refractivity contribution in [1.29, 1.82) is 5.26 Å². The molecule has 2 amide bonds. The molecule has 1 aliphatic heterocycles. The molecule has 29 heavy (non-hydrogen) atoms. The van der Waals surface area contributed by atoms with Gasteiger partial charge in [0.1, 0.15) is 0 Å². The van der Waals surface area contributed by atoms with E-state index in [0.717, 1.165) is 55.8 Å². The minimum absolute atomic E-state index is 0.0627. The van der Waals surface area contributed by atoms with Crippen molar-refractivity contribution in [1.82, 2.24) is 25.3 Å². The third kappa shape index (κ3) is 7.17. The molecule has 0 radical (unpaired) electrons. The fourth-order valence-corrected chi connectivity index (χ4v) is 3.77. The first-order chi connectivity index (χ1) is 13.9. The minimum atomic E-state index is 0.0627. The molecule has 0 aromatic carbocycles. The van der Waals surface area contributed by atoms with Gasteiger partial charge in [0.25, 0.3) is 0 Å². The summed E-state index contributed by atoms with van der Waals surface area (Å²) in [6.45, 7) is 9.40. The van der Waals surface area contributed by atoms with Crippen molar-refractivity contribution in [3.05, 3.63) is 17.0 Å². The molecule has 8 heteroatoms. The second-order valence-electron chi connectivity index (χ2n) is 7.75.